The standard InChI is InChI=1S/C19H21N3O3/c1-10-5-6-11(2)16-15(10)12(3)17(24-16)19(23)22-8-7-14(9-22)18-20-13(4)21-25-18/h5-6,14H,7-9H2,1-4H3/t14-/m0/s1. The molecular weight excluding hydrogens is 318 g/mol. The molecule has 1 amide bonds. The van der Waals surface area contributed by atoms with E-state index in [-0.39, 0.29) is 11.8 Å². The number of likely N-dealkylation sites (tertiary alicyclic amines) is 1. The predicted molar refractivity (Wildman–Crippen MR) is 92.7 cm³/mol. The van der Waals surface area contributed by atoms with Crippen LogP contribution in [0.15, 0.2) is 21.1 Å². The summed E-state index contributed by atoms with van der Waals surface area (Å²) >= 11 is 0. The Bertz CT molecular complexity index is 970. The number of amides is 1. The van der Waals surface area contributed by atoms with E-state index in [0.29, 0.717) is 30.6 Å². The normalized spacial score (nSPS) is 17.6. The van der Waals surface area contributed by atoms with Crippen LogP contribution in [-0.2, 0) is 0 Å². The van der Waals surface area contributed by atoms with Crippen molar-refractivity contribution >= 4 is 16.9 Å². The Labute approximate surface area is 145 Å². The first-order valence-electron chi connectivity index (χ1n) is 8.54. The van der Waals surface area contributed by atoms with E-state index in [1.807, 2.05) is 31.7 Å². The molecule has 1 fully saturated rings. The molecule has 1 atom stereocenters. The molecule has 3 heterocycles. The lowest BCUT2D eigenvalue weighted by atomic mass is 10.0. The van der Waals surface area contributed by atoms with Gasteiger partial charge in [-0.25, -0.2) is 0 Å². The minimum absolute atomic E-state index is 0.0637. The van der Waals surface area contributed by atoms with Crippen molar-refractivity contribution in [3.63, 3.8) is 0 Å². The molecule has 1 aliphatic heterocycles. The first-order chi connectivity index (χ1) is 12.0. The predicted octanol–water partition coefficient (Wildman–Crippen LogP) is 3.68. The molecule has 6 nitrogen and oxygen atoms in total. The lowest BCUT2D eigenvalue weighted by Crippen LogP contribution is -2.28. The van der Waals surface area contributed by atoms with Crippen molar-refractivity contribution in [2.45, 2.75) is 40.0 Å². The van der Waals surface area contributed by atoms with Gasteiger partial charge in [0.05, 0.1) is 5.92 Å². The zero-order chi connectivity index (χ0) is 17.7. The van der Waals surface area contributed by atoms with Gasteiger partial charge in [0, 0.05) is 24.0 Å². The number of hydrogen-bond donors (Lipinski definition) is 0. The van der Waals surface area contributed by atoms with Crippen LogP contribution in [0.4, 0.5) is 0 Å². The van der Waals surface area contributed by atoms with E-state index >= 15 is 0 Å². The highest BCUT2D eigenvalue weighted by Crippen LogP contribution is 2.33. The second kappa shape index (κ2) is 5.72. The van der Waals surface area contributed by atoms with Crippen molar-refractivity contribution in [1.29, 1.82) is 0 Å². The molecule has 6 heteroatoms. The summed E-state index contributed by atoms with van der Waals surface area (Å²) in [5.41, 5.74) is 3.90. The summed E-state index contributed by atoms with van der Waals surface area (Å²) < 4.78 is 11.2. The number of carbonyl (C=O) groups is 1. The van der Waals surface area contributed by atoms with Gasteiger partial charge >= 0.3 is 0 Å². The zero-order valence-electron chi connectivity index (χ0n) is 14.9. The van der Waals surface area contributed by atoms with Crippen LogP contribution in [0.1, 0.15) is 51.3 Å². The van der Waals surface area contributed by atoms with Crippen LogP contribution >= 0.6 is 0 Å². The van der Waals surface area contributed by atoms with E-state index in [0.717, 1.165) is 34.1 Å². The van der Waals surface area contributed by atoms with E-state index in [2.05, 4.69) is 16.2 Å². The van der Waals surface area contributed by atoms with Gasteiger partial charge in [0.2, 0.25) is 5.89 Å². The van der Waals surface area contributed by atoms with E-state index in [1.54, 1.807) is 6.92 Å². The molecule has 1 aliphatic rings. The smallest absolute Gasteiger partial charge is 0.289 e. The Balaban J connectivity index is 1.64. The summed E-state index contributed by atoms with van der Waals surface area (Å²) in [7, 11) is 0. The molecule has 0 aliphatic carbocycles. The van der Waals surface area contributed by atoms with Crippen LogP contribution in [0, 0.1) is 27.7 Å². The molecule has 1 aromatic carbocycles. The van der Waals surface area contributed by atoms with Crippen LogP contribution in [0.2, 0.25) is 0 Å². The number of hydrogen-bond acceptors (Lipinski definition) is 5. The third-order valence-electron chi connectivity index (χ3n) is 5.04. The van der Waals surface area contributed by atoms with Gasteiger partial charge in [-0.1, -0.05) is 17.3 Å². The third kappa shape index (κ3) is 2.52. The zero-order valence-corrected chi connectivity index (χ0v) is 14.9. The molecule has 0 N–H and O–H groups in total. The van der Waals surface area contributed by atoms with Crippen molar-refractivity contribution in [3.8, 4) is 0 Å². The molecule has 0 bridgehead atoms. The second-order valence-electron chi connectivity index (χ2n) is 6.88. The second-order valence-corrected chi connectivity index (χ2v) is 6.88. The monoisotopic (exact) mass is 339 g/mol. The van der Waals surface area contributed by atoms with Gasteiger partial charge in [-0.05, 0) is 45.2 Å². The first kappa shape index (κ1) is 15.9. The van der Waals surface area contributed by atoms with Gasteiger partial charge in [-0.3, -0.25) is 4.79 Å². The minimum atomic E-state index is -0.0637. The Morgan fingerprint density at radius 2 is 1.96 bits per heavy atom. The Morgan fingerprint density at radius 3 is 2.64 bits per heavy atom. The number of fused-ring (bicyclic) bond motifs is 1. The van der Waals surface area contributed by atoms with E-state index < -0.39 is 0 Å². The number of aromatic nitrogens is 2. The fourth-order valence-electron chi connectivity index (χ4n) is 3.65. The number of nitrogens with zero attached hydrogens (tertiary/aromatic N) is 3. The molecule has 0 radical (unpaired) electrons. The van der Waals surface area contributed by atoms with Crippen LogP contribution in [0.5, 0.6) is 0 Å². The van der Waals surface area contributed by atoms with E-state index in [4.69, 9.17) is 8.94 Å². The molecule has 2 aromatic heterocycles. The van der Waals surface area contributed by atoms with Crippen LogP contribution in [-0.4, -0.2) is 34.0 Å². The molecule has 3 aromatic rings. The number of rotatable bonds is 2. The highest BCUT2D eigenvalue weighted by atomic mass is 16.5. The molecular formula is C19H21N3O3. The first-order valence-corrected chi connectivity index (χ1v) is 8.54. The lowest BCUT2D eigenvalue weighted by molar-refractivity contribution is 0.0759. The number of carbonyl (C=O) groups excluding carboxylic acids is 1. The highest BCUT2D eigenvalue weighted by molar-refractivity contribution is 6.00. The summed E-state index contributed by atoms with van der Waals surface area (Å²) in [4.78, 5) is 19.1. The molecule has 1 saturated heterocycles. The van der Waals surface area contributed by atoms with Crippen molar-refractivity contribution in [3.05, 3.63) is 46.3 Å². The molecule has 130 valence electrons. The fourth-order valence-corrected chi connectivity index (χ4v) is 3.65. The fraction of sp³-hybridized carbons (Fsp3) is 0.421. The molecule has 0 saturated carbocycles. The molecule has 4 rings (SSSR count). The van der Waals surface area contributed by atoms with Gasteiger partial charge in [0.15, 0.2) is 11.6 Å². The Kier molecular flexibility index (Phi) is 3.63. The Hall–Kier alpha value is -2.63. The van der Waals surface area contributed by atoms with Crippen LogP contribution < -0.4 is 0 Å². The van der Waals surface area contributed by atoms with Gasteiger partial charge < -0.3 is 13.8 Å². The SMILES string of the molecule is Cc1noc([C@H]2CCN(C(=O)c3oc4c(C)ccc(C)c4c3C)C2)n1. The van der Waals surface area contributed by atoms with E-state index in [1.165, 1.54) is 0 Å². The van der Waals surface area contributed by atoms with Gasteiger partial charge in [0.1, 0.15) is 5.58 Å². The van der Waals surface area contributed by atoms with Gasteiger partial charge in [0.25, 0.3) is 5.91 Å². The Morgan fingerprint density at radius 1 is 1.20 bits per heavy atom. The third-order valence-corrected chi connectivity index (χ3v) is 5.04. The van der Waals surface area contributed by atoms with Crippen LogP contribution in [0.25, 0.3) is 11.0 Å². The summed E-state index contributed by atoms with van der Waals surface area (Å²) in [6.07, 6.45) is 0.824. The van der Waals surface area contributed by atoms with Gasteiger partial charge in [-0.2, -0.15) is 4.98 Å². The van der Waals surface area contributed by atoms with E-state index in [9.17, 15) is 4.79 Å². The van der Waals surface area contributed by atoms with Crippen molar-refractivity contribution in [2.75, 3.05) is 13.1 Å². The van der Waals surface area contributed by atoms with Crippen LogP contribution in [0.3, 0.4) is 0 Å². The molecule has 0 unspecified atom stereocenters. The van der Waals surface area contributed by atoms with Crippen molar-refractivity contribution in [1.82, 2.24) is 15.0 Å². The summed E-state index contributed by atoms with van der Waals surface area (Å²) in [6.45, 7) is 9.05. The number of benzene rings is 1. The maximum atomic E-state index is 13.0. The number of aryl methyl sites for hydroxylation is 4. The maximum Gasteiger partial charge on any atom is 0.289 e. The average Bonchev–Trinajstić information content (AvgIpc) is 3.29. The summed E-state index contributed by atoms with van der Waals surface area (Å²) in [6, 6.07) is 4.09. The summed E-state index contributed by atoms with van der Waals surface area (Å²) in [5.74, 6) is 1.71. The number of furan rings is 1. The lowest BCUT2D eigenvalue weighted by Gasteiger charge is -2.14. The largest absolute Gasteiger partial charge is 0.450 e. The average molecular weight is 339 g/mol. The molecule has 25 heavy (non-hydrogen) atoms. The van der Waals surface area contributed by atoms with Crippen molar-refractivity contribution in [2.24, 2.45) is 0 Å². The minimum Gasteiger partial charge on any atom is -0.450 e. The summed E-state index contributed by atoms with van der Waals surface area (Å²) in [5, 5.41) is 4.89. The van der Waals surface area contributed by atoms with Crippen molar-refractivity contribution < 1.29 is 13.7 Å². The maximum absolute atomic E-state index is 13.0. The van der Waals surface area contributed by atoms with Gasteiger partial charge in [-0.15, -0.1) is 0 Å². The quantitative estimate of drug-likeness (QED) is 0.712. The topological polar surface area (TPSA) is 72.4 Å². The molecule has 0 spiro atoms. The highest BCUT2D eigenvalue weighted by Gasteiger charge is 2.33.